The van der Waals surface area contributed by atoms with Gasteiger partial charge in [-0.05, 0) is 5.18 Å². The zero-order chi connectivity index (χ0) is 29.4. The Hall–Kier alpha value is -5.12. The number of aromatic amines is 1. The van der Waals surface area contributed by atoms with Crippen LogP contribution in [-0.4, -0.2) is 93.2 Å². The summed E-state index contributed by atoms with van der Waals surface area (Å²) in [7, 11) is -4.87. The van der Waals surface area contributed by atoms with E-state index in [2.05, 4.69) is 20.5 Å². The number of nitrogens with one attached hydrogen (secondary N) is 4. The van der Waals surface area contributed by atoms with Crippen molar-refractivity contribution in [3.8, 4) is 5.75 Å². The van der Waals surface area contributed by atoms with Crippen molar-refractivity contribution in [3.05, 3.63) is 44.2 Å². The van der Waals surface area contributed by atoms with Gasteiger partial charge in [-0.3, -0.25) is 29.5 Å². The van der Waals surface area contributed by atoms with Crippen LogP contribution < -0.4 is 26.6 Å². The molecule has 2 atom stereocenters. The topological polar surface area (TPSA) is 287 Å². The maximum Gasteiger partial charge on any atom is 0.353 e. The molecule has 2 aromatic rings. The van der Waals surface area contributed by atoms with Crippen molar-refractivity contribution in [3.63, 3.8) is 0 Å². The molecule has 7 N–H and O–H groups in total. The van der Waals surface area contributed by atoms with E-state index in [1.165, 1.54) is 10.1 Å². The van der Waals surface area contributed by atoms with Crippen LogP contribution >= 0.6 is 11.3 Å². The third-order valence-corrected chi connectivity index (χ3v) is 7.58. The van der Waals surface area contributed by atoms with Crippen LogP contribution in [0.15, 0.2) is 27.6 Å². The Labute approximate surface area is 226 Å². The number of imide groups is 1. The monoisotopic (exact) mass is 598 g/mol. The molecule has 22 heteroatoms. The maximum absolute atomic E-state index is 12.6. The van der Waals surface area contributed by atoms with E-state index in [1.807, 2.05) is 5.43 Å². The molecule has 2 aliphatic rings. The predicted octanol–water partition coefficient (Wildman–Crippen LogP) is -2.71. The third kappa shape index (κ3) is 5.24. The van der Waals surface area contributed by atoms with Crippen LogP contribution in [0.4, 0.5) is 14.7 Å². The highest BCUT2D eigenvalue weighted by Crippen LogP contribution is 2.22. The molecule has 0 spiro atoms. The van der Waals surface area contributed by atoms with Gasteiger partial charge in [0, 0.05) is 17.6 Å². The number of rotatable bonds is 8. The van der Waals surface area contributed by atoms with Gasteiger partial charge in [-0.1, -0.05) is 0 Å². The maximum atomic E-state index is 12.6. The largest absolute Gasteiger partial charge is 0.503 e. The number of nitrogens with two attached hydrogens (primary N) is 1. The van der Waals surface area contributed by atoms with E-state index in [4.69, 9.17) is 5.73 Å². The number of carbonyl (C=O) groups excluding carboxylic acids is 5. The number of β-lactam (4-membered cyclic amide) rings is 1. The van der Waals surface area contributed by atoms with Crippen LogP contribution in [0.2, 0.25) is 0 Å². The number of urea groups is 2. The van der Waals surface area contributed by atoms with Gasteiger partial charge in [-0.2, -0.15) is 8.42 Å². The molecule has 2 aromatic heterocycles. The van der Waals surface area contributed by atoms with Gasteiger partial charge in [-0.25, -0.2) is 28.6 Å². The number of carbonyl (C=O) groups is 5. The smallest absolute Gasteiger partial charge is 0.353 e. The Balaban J connectivity index is 1.32. The molecule has 212 valence electrons. The van der Waals surface area contributed by atoms with E-state index in [-0.39, 0.29) is 21.7 Å². The number of thiazole rings is 1. The summed E-state index contributed by atoms with van der Waals surface area (Å²) in [6.45, 7) is -1.36. The normalized spacial score (nSPS) is 17.7. The van der Waals surface area contributed by atoms with E-state index in [1.54, 1.807) is 0 Å². The van der Waals surface area contributed by atoms with Crippen LogP contribution in [0.5, 0.6) is 5.75 Å². The highest BCUT2D eigenvalue weighted by Gasteiger charge is 2.46. The minimum atomic E-state index is -4.87. The lowest BCUT2D eigenvalue weighted by molar-refractivity contribution is -0.142. The molecular weight excluding hydrogens is 580 g/mol. The molecule has 0 bridgehead atoms. The summed E-state index contributed by atoms with van der Waals surface area (Å²) in [6, 6.07) is -4.67. The van der Waals surface area contributed by atoms with Crippen LogP contribution in [0, 0.1) is 4.91 Å². The number of nitroso groups, excluding NO2 is 1. The molecule has 7 amide bonds. The highest BCUT2D eigenvalue weighted by molar-refractivity contribution is 7.88. The van der Waals surface area contributed by atoms with E-state index < -0.39 is 82.0 Å². The Bertz CT molecular complexity index is 1590. The van der Waals surface area contributed by atoms with Gasteiger partial charge >= 0.3 is 22.3 Å². The average molecular weight is 599 g/mol. The molecule has 2 unspecified atom stereocenters. The summed E-state index contributed by atoms with van der Waals surface area (Å²) in [4.78, 5) is 91.0. The molecule has 0 radical (unpaired) electrons. The number of pyridine rings is 1. The van der Waals surface area contributed by atoms with E-state index in [0.29, 0.717) is 9.91 Å². The number of likely N-dealkylation sites (tertiary alicyclic amines) is 1. The van der Waals surface area contributed by atoms with Crippen LogP contribution in [-0.2, 0) is 19.8 Å². The molecule has 2 saturated heterocycles. The molecule has 0 saturated carbocycles. The van der Waals surface area contributed by atoms with Gasteiger partial charge in [0.1, 0.15) is 6.04 Å². The van der Waals surface area contributed by atoms with E-state index in [0.717, 1.165) is 23.6 Å². The summed E-state index contributed by atoms with van der Waals surface area (Å²) in [5.41, 5.74) is 5.98. The number of aromatic nitrogens is 2. The molecule has 20 nitrogen and oxygen atoms in total. The quantitative estimate of drug-likeness (QED) is 0.134. The first kappa shape index (κ1) is 27.9. The summed E-state index contributed by atoms with van der Waals surface area (Å²) >= 11 is 0.956. The Morgan fingerprint density at radius 1 is 1.25 bits per heavy atom. The minimum Gasteiger partial charge on any atom is -0.503 e. The minimum absolute atomic E-state index is 0.0446. The summed E-state index contributed by atoms with van der Waals surface area (Å²) in [5.74, 6) is -4.06. The first-order valence-electron chi connectivity index (χ1n) is 10.9. The average Bonchev–Trinajstić information content (AvgIpc) is 3.48. The van der Waals surface area contributed by atoms with Crippen molar-refractivity contribution in [2.75, 3.05) is 25.4 Å². The standard InChI is InChI=1S/C18H18N10O10S2/c19-16-22-8(6-39-16)10(24-36)13(31)21-7-5-26(15(7)33)17(34)25-40(37,38)28-4-3-27(18(28)35)23-14(32)11-12(30)9(29)1-2-20-11/h1-2,6-7,10,30H,3-5H2,(H2,19,22)(H,20,29)(H,21,31)(H,23,32)(H,25,34). The number of hydrogen-bond donors (Lipinski definition) is 6. The zero-order valence-corrected chi connectivity index (χ0v) is 21.4. The van der Waals surface area contributed by atoms with Crippen LogP contribution in [0.1, 0.15) is 22.2 Å². The SMILES string of the molecule is Nc1nc(C(N=O)C(=O)NC2CN(C(=O)NS(=O)(=O)N3CCN(NC(=O)c4[nH]ccc(=O)c4O)C3=O)C2=O)cs1. The second kappa shape index (κ2) is 10.6. The van der Waals surface area contributed by atoms with Gasteiger partial charge in [0.05, 0.1) is 25.3 Å². The number of aromatic hydroxyl groups is 1. The van der Waals surface area contributed by atoms with Gasteiger partial charge in [0.25, 0.3) is 17.7 Å². The van der Waals surface area contributed by atoms with Crippen molar-refractivity contribution in [1.29, 1.82) is 0 Å². The number of anilines is 1. The Morgan fingerprint density at radius 3 is 2.60 bits per heavy atom. The Kier molecular flexibility index (Phi) is 7.37. The lowest BCUT2D eigenvalue weighted by Crippen LogP contribution is -2.68. The van der Waals surface area contributed by atoms with E-state index >= 15 is 0 Å². The molecule has 4 rings (SSSR count). The number of nitrogens with zero attached hydrogens (tertiary/aromatic N) is 5. The van der Waals surface area contributed by atoms with Gasteiger partial charge in [-0.15, -0.1) is 16.2 Å². The van der Waals surface area contributed by atoms with Gasteiger partial charge in [0.15, 0.2) is 16.6 Å². The Morgan fingerprint density at radius 2 is 1.98 bits per heavy atom. The van der Waals surface area contributed by atoms with Gasteiger partial charge < -0.3 is 21.1 Å². The summed E-state index contributed by atoms with van der Waals surface area (Å²) in [5, 5.41) is 16.5. The number of H-pyrrole nitrogens is 1. The molecular formula is C18H18N10O10S2. The lowest BCUT2D eigenvalue weighted by Gasteiger charge is -2.37. The predicted molar refractivity (Wildman–Crippen MR) is 131 cm³/mol. The third-order valence-electron chi connectivity index (χ3n) is 5.54. The second-order valence-corrected chi connectivity index (χ2v) is 10.5. The number of nitrogen functional groups attached to an aromatic ring is 1. The lowest BCUT2D eigenvalue weighted by atomic mass is 10.1. The second-order valence-electron chi connectivity index (χ2n) is 8.05. The summed E-state index contributed by atoms with van der Waals surface area (Å²) in [6.07, 6.45) is 1.07. The first-order chi connectivity index (χ1) is 18.8. The summed E-state index contributed by atoms with van der Waals surface area (Å²) < 4.78 is 27.0. The molecule has 0 aliphatic carbocycles. The van der Waals surface area contributed by atoms with Crippen molar-refractivity contribution in [2.45, 2.75) is 12.1 Å². The molecule has 4 heterocycles. The van der Waals surface area contributed by atoms with Crippen LogP contribution in [0.25, 0.3) is 0 Å². The van der Waals surface area contributed by atoms with Crippen LogP contribution in [0.3, 0.4) is 0 Å². The van der Waals surface area contributed by atoms with E-state index in [9.17, 15) is 47.2 Å². The fourth-order valence-electron chi connectivity index (χ4n) is 3.52. The fraction of sp³-hybridized carbons (Fsp3) is 0.278. The van der Waals surface area contributed by atoms with Gasteiger partial charge in [0.2, 0.25) is 11.5 Å². The molecule has 2 aliphatic heterocycles. The fourth-order valence-corrected chi connectivity index (χ4v) is 5.16. The highest BCUT2D eigenvalue weighted by atomic mass is 32.2. The number of amides is 7. The molecule has 0 aromatic carbocycles. The molecule has 2 fully saturated rings. The zero-order valence-electron chi connectivity index (χ0n) is 19.8. The van der Waals surface area contributed by atoms with Crippen molar-refractivity contribution < 1.29 is 37.5 Å². The first-order valence-corrected chi connectivity index (χ1v) is 13.2. The number of hydrogen-bond acceptors (Lipinski definition) is 14. The van der Waals surface area contributed by atoms with Crippen molar-refractivity contribution in [2.24, 2.45) is 5.18 Å². The van der Waals surface area contributed by atoms with Crippen molar-refractivity contribution in [1.82, 2.24) is 39.6 Å². The number of hydrazine groups is 1. The van der Waals surface area contributed by atoms with Crippen molar-refractivity contribution >= 4 is 56.5 Å². The molecule has 40 heavy (non-hydrogen) atoms.